The number of nitrogens with zero attached hydrogens (tertiary/aromatic N) is 1. The van der Waals surface area contributed by atoms with E-state index in [0.717, 1.165) is 16.3 Å². The maximum atomic E-state index is 12.2. The molecule has 0 fully saturated rings. The highest BCUT2D eigenvalue weighted by molar-refractivity contribution is 7.98. The second-order valence-corrected chi connectivity index (χ2v) is 6.38. The van der Waals surface area contributed by atoms with E-state index in [1.807, 2.05) is 36.5 Å². The van der Waals surface area contributed by atoms with Gasteiger partial charge in [0, 0.05) is 35.8 Å². The largest absolute Gasteiger partial charge is 0.453 e. The lowest BCUT2D eigenvalue weighted by molar-refractivity contribution is 0.0987. The van der Waals surface area contributed by atoms with Crippen LogP contribution in [-0.2, 0) is 17.1 Å². The second-order valence-electron chi connectivity index (χ2n) is 5.33. The van der Waals surface area contributed by atoms with Crippen molar-refractivity contribution in [2.24, 2.45) is 0 Å². The smallest absolute Gasteiger partial charge is 0.291 e. The number of hydrogen-bond acceptors (Lipinski definition) is 5. The van der Waals surface area contributed by atoms with Crippen molar-refractivity contribution in [1.29, 1.82) is 0 Å². The van der Waals surface area contributed by atoms with Gasteiger partial charge >= 0.3 is 0 Å². The summed E-state index contributed by atoms with van der Waals surface area (Å²) in [6.07, 6.45) is 3.63. The molecule has 5 nitrogen and oxygen atoms in total. The van der Waals surface area contributed by atoms with E-state index in [0.29, 0.717) is 12.4 Å². The third-order valence-electron chi connectivity index (χ3n) is 3.41. The highest BCUT2D eigenvalue weighted by Crippen LogP contribution is 2.24. The molecule has 0 saturated carbocycles. The van der Waals surface area contributed by atoms with Gasteiger partial charge < -0.3 is 14.5 Å². The van der Waals surface area contributed by atoms with Crippen molar-refractivity contribution in [3.8, 4) is 0 Å². The van der Waals surface area contributed by atoms with Crippen LogP contribution < -0.4 is 5.32 Å². The molecule has 3 aromatic rings. The molecule has 0 saturated heterocycles. The quantitative estimate of drug-likeness (QED) is 0.639. The number of ether oxygens (including phenoxy) is 1. The molecule has 0 unspecified atom stereocenters. The van der Waals surface area contributed by atoms with Crippen LogP contribution in [0, 0.1) is 0 Å². The molecule has 0 aliphatic rings. The van der Waals surface area contributed by atoms with Crippen molar-refractivity contribution in [2.45, 2.75) is 17.3 Å². The summed E-state index contributed by atoms with van der Waals surface area (Å²) in [7, 11) is 1.58. The zero-order valence-corrected chi connectivity index (χ0v) is 14.6. The first-order chi connectivity index (χ1) is 12.2. The monoisotopic (exact) mass is 354 g/mol. The van der Waals surface area contributed by atoms with Gasteiger partial charge in [0.1, 0.15) is 12.4 Å². The van der Waals surface area contributed by atoms with Crippen LogP contribution in [0.15, 0.2) is 70.2 Å². The van der Waals surface area contributed by atoms with Gasteiger partial charge in [-0.1, -0.05) is 6.07 Å². The fourth-order valence-electron chi connectivity index (χ4n) is 2.20. The van der Waals surface area contributed by atoms with Crippen molar-refractivity contribution >= 4 is 23.4 Å². The van der Waals surface area contributed by atoms with Crippen LogP contribution in [0.3, 0.4) is 0 Å². The van der Waals surface area contributed by atoms with E-state index in [2.05, 4.69) is 16.4 Å². The Bertz CT molecular complexity index is 816. The van der Waals surface area contributed by atoms with Gasteiger partial charge in [-0.25, -0.2) is 0 Å². The van der Waals surface area contributed by atoms with E-state index in [1.54, 1.807) is 37.2 Å². The van der Waals surface area contributed by atoms with Gasteiger partial charge in [0.05, 0.1) is 0 Å². The third-order valence-corrected chi connectivity index (χ3v) is 4.50. The summed E-state index contributed by atoms with van der Waals surface area (Å²) in [5.74, 6) is 1.46. The number of aromatic nitrogens is 1. The van der Waals surface area contributed by atoms with E-state index >= 15 is 0 Å². The molecular weight excluding hydrogens is 336 g/mol. The first-order valence-electron chi connectivity index (χ1n) is 7.75. The summed E-state index contributed by atoms with van der Waals surface area (Å²) in [5.41, 5.74) is 1.90. The normalized spacial score (nSPS) is 10.6. The van der Waals surface area contributed by atoms with Gasteiger partial charge in [0.15, 0.2) is 5.76 Å². The lowest BCUT2D eigenvalue weighted by Gasteiger charge is -2.05. The van der Waals surface area contributed by atoms with Crippen LogP contribution >= 0.6 is 11.8 Å². The minimum absolute atomic E-state index is 0.266. The van der Waals surface area contributed by atoms with Gasteiger partial charge in [0.2, 0.25) is 0 Å². The number of thioether (sulfide) groups is 1. The number of rotatable bonds is 7. The molecule has 25 heavy (non-hydrogen) atoms. The van der Waals surface area contributed by atoms with E-state index in [1.165, 1.54) is 5.56 Å². The van der Waals surface area contributed by atoms with Crippen molar-refractivity contribution in [2.75, 3.05) is 12.4 Å². The topological polar surface area (TPSA) is 64.4 Å². The summed E-state index contributed by atoms with van der Waals surface area (Å²) in [5, 5.41) is 2.82. The molecule has 2 aromatic heterocycles. The summed E-state index contributed by atoms with van der Waals surface area (Å²) in [4.78, 5) is 17.4. The first kappa shape index (κ1) is 17.3. The van der Waals surface area contributed by atoms with Crippen molar-refractivity contribution in [3.05, 3.63) is 78.0 Å². The molecule has 0 aliphatic heterocycles. The number of hydrogen-bond donors (Lipinski definition) is 1. The highest BCUT2D eigenvalue weighted by atomic mass is 32.2. The fourth-order valence-corrected chi connectivity index (χ4v) is 3.03. The Labute approximate surface area is 150 Å². The predicted octanol–water partition coefficient (Wildman–Crippen LogP) is 4.37. The van der Waals surface area contributed by atoms with Crippen LogP contribution in [-0.4, -0.2) is 18.0 Å². The minimum Gasteiger partial charge on any atom is -0.453 e. The van der Waals surface area contributed by atoms with Crippen molar-refractivity contribution in [3.63, 3.8) is 0 Å². The third kappa shape index (κ3) is 4.95. The predicted molar refractivity (Wildman–Crippen MR) is 97.6 cm³/mol. The second kappa shape index (κ2) is 8.50. The molecule has 128 valence electrons. The van der Waals surface area contributed by atoms with Gasteiger partial charge in [0.25, 0.3) is 5.91 Å². The van der Waals surface area contributed by atoms with Crippen LogP contribution in [0.5, 0.6) is 0 Å². The maximum absolute atomic E-state index is 12.2. The molecule has 2 heterocycles. The Kier molecular flexibility index (Phi) is 5.87. The Morgan fingerprint density at radius 2 is 2.04 bits per heavy atom. The molecule has 0 aliphatic carbocycles. The number of amides is 1. The van der Waals surface area contributed by atoms with Crippen LogP contribution in [0.2, 0.25) is 0 Å². The lowest BCUT2D eigenvalue weighted by atomic mass is 10.3. The number of carbonyl (C=O) groups is 1. The number of carbonyl (C=O) groups excluding carboxylic acids is 1. The summed E-state index contributed by atoms with van der Waals surface area (Å²) in [6.45, 7) is 0.343. The van der Waals surface area contributed by atoms with E-state index in [-0.39, 0.29) is 11.7 Å². The molecule has 0 bridgehead atoms. The van der Waals surface area contributed by atoms with Crippen molar-refractivity contribution < 1.29 is 13.9 Å². The molecule has 6 heteroatoms. The number of pyridine rings is 1. The minimum atomic E-state index is -0.280. The zero-order valence-electron chi connectivity index (χ0n) is 13.8. The number of methoxy groups -OCH3 is 1. The summed E-state index contributed by atoms with van der Waals surface area (Å²) >= 11 is 1.72. The van der Waals surface area contributed by atoms with Gasteiger partial charge in [-0.05, 0) is 48.0 Å². The molecular formula is C19H18N2O3S. The number of anilines is 1. The van der Waals surface area contributed by atoms with Gasteiger partial charge in [-0.2, -0.15) is 0 Å². The van der Waals surface area contributed by atoms with E-state index in [9.17, 15) is 4.79 Å². The average Bonchev–Trinajstić information content (AvgIpc) is 3.11. The lowest BCUT2D eigenvalue weighted by Crippen LogP contribution is -2.10. The Balaban J connectivity index is 1.55. The highest BCUT2D eigenvalue weighted by Gasteiger charge is 2.11. The molecule has 3 rings (SSSR count). The van der Waals surface area contributed by atoms with Crippen LogP contribution in [0.25, 0.3) is 0 Å². The van der Waals surface area contributed by atoms with E-state index in [4.69, 9.17) is 9.15 Å². The zero-order chi connectivity index (χ0) is 17.5. The summed E-state index contributed by atoms with van der Waals surface area (Å²) in [6, 6.07) is 15.1. The molecule has 0 atom stereocenters. The average molecular weight is 354 g/mol. The molecule has 1 amide bonds. The number of nitrogens with one attached hydrogen (secondary N) is 1. The van der Waals surface area contributed by atoms with Crippen LogP contribution in [0.4, 0.5) is 5.69 Å². The van der Waals surface area contributed by atoms with E-state index < -0.39 is 0 Å². The molecule has 1 N–H and O–H groups in total. The van der Waals surface area contributed by atoms with Gasteiger partial charge in [-0.3, -0.25) is 9.78 Å². The number of furan rings is 1. The Hall–Kier alpha value is -2.57. The Morgan fingerprint density at radius 1 is 1.20 bits per heavy atom. The first-order valence-corrected chi connectivity index (χ1v) is 8.74. The Morgan fingerprint density at radius 3 is 2.76 bits per heavy atom. The molecule has 0 spiro atoms. The van der Waals surface area contributed by atoms with Gasteiger partial charge in [-0.15, -0.1) is 11.8 Å². The molecule has 1 aromatic carbocycles. The SMILES string of the molecule is COCc1ccc(C(=O)Nc2ccc(SCc3cccnc3)cc2)o1. The standard InChI is InChI=1S/C19H18N2O3S/c1-23-12-16-6-9-18(24-16)19(22)21-15-4-7-17(8-5-15)25-13-14-3-2-10-20-11-14/h2-11H,12-13H2,1H3,(H,21,22). The van der Waals surface area contributed by atoms with Crippen LogP contribution in [0.1, 0.15) is 21.9 Å². The maximum Gasteiger partial charge on any atom is 0.291 e. The molecule has 0 radical (unpaired) electrons. The summed E-state index contributed by atoms with van der Waals surface area (Å²) < 4.78 is 10.4. The fraction of sp³-hybridized carbons (Fsp3) is 0.158. The number of benzene rings is 1. The van der Waals surface area contributed by atoms with Crippen molar-refractivity contribution in [1.82, 2.24) is 4.98 Å².